The number of piperazine rings is 1. The number of ether oxygens (including phenoxy) is 2. The number of hydrogen-bond acceptors (Lipinski definition) is 4. The van der Waals surface area contributed by atoms with Crippen LogP contribution in [0.25, 0.3) is 0 Å². The number of hydrogen-bond donors (Lipinski definition) is 1. The topological polar surface area (TPSA) is 49.3 Å². The van der Waals surface area contributed by atoms with Gasteiger partial charge >= 0.3 is 0 Å². The number of unbranched alkanes of at least 4 members (excludes halogenated alkanes) is 1. The number of nitrogens with one attached hydrogen (secondary N) is 1. The van der Waals surface area contributed by atoms with Crippen LogP contribution in [0.5, 0.6) is 5.75 Å². The molecule has 1 fully saturated rings. The summed E-state index contributed by atoms with van der Waals surface area (Å²) in [5.74, 6) is 1.90. The summed E-state index contributed by atoms with van der Waals surface area (Å²) in [6, 6.07) is 18.8. The van der Waals surface area contributed by atoms with Gasteiger partial charge in [0.1, 0.15) is 5.75 Å². The van der Waals surface area contributed by atoms with Gasteiger partial charge in [-0.25, -0.2) is 0 Å². The van der Waals surface area contributed by atoms with Gasteiger partial charge in [0.05, 0.1) is 13.7 Å². The molecule has 31 heavy (non-hydrogen) atoms. The molecule has 1 saturated heterocycles. The summed E-state index contributed by atoms with van der Waals surface area (Å²) in [6.07, 6.45) is 3.12. The Bertz CT molecular complexity index is 772. The van der Waals surface area contributed by atoms with E-state index in [-0.39, 0.29) is 0 Å². The van der Waals surface area contributed by atoms with E-state index in [9.17, 15) is 0 Å². The maximum Gasteiger partial charge on any atom is 0.193 e. The van der Waals surface area contributed by atoms with Gasteiger partial charge in [-0.2, -0.15) is 0 Å². The van der Waals surface area contributed by atoms with E-state index in [1.807, 2.05) is 25.2 Å². The standard InChI is InChI=1S/C25H36N4O2/c1-26-25(27-15-6-7-20-31-21-14-22-8-4-3-5-9-22)29-18-16-28(17-19-29)23-10-12-24(30-2)13-11-23/h3-5,8-13H,6-7,14-21H2,1-2H3,(H,26,27). The predicted molar refractivity (Wildman–Crippen MR) is 128 cm³/mol. The lowest BCUT2D eigenvalue weighted by atomic mass is 10.2. The number of anilines is 1. The molecular weight excluding hydrogens is 388 g/mol. The van der Waals surface area contributed by atoms with Gasteiger partial charge in [-0.1, -0.05) is 30.3 Å². The molecule has 6 nitrogen and oxygen atoms in total. The Morgan fingerprint density at radius 2 is 1.68 bits per heavy atom. The average molecular weight is 425 g/mol. The maximum atomic E-state index is 5.77. The molecule has 0 spiro atoms. The van der Waals surface area contributed by atoms with Crippen molar-refractivity contribution in [2.24, 2.45) is 4.99 Å². The van der Waals surface area contributed by atoms with E-state index in [4.69, 9.17) is 9.47 Å². The molecule has 2 aromatic carbocycles. The van der Waals surface area contributed by atoms with Crippen molar-refractivity contribution >= 4 is 11.6 Å². The van der Waals surface area contributed by atoms with Crippen LogP contribution in [0.1, 0.15) is 18.4 Å². The highest BCUT2D eigenvalue weighted by Gasteiger charge is 2.19. The van der Waals surface area contributed by atoms with Gasteiger partial charge in [-0.05, 0) is 49.1 Å². The minimum absolute atomic E-state index is 0.789. The molecule has 0 saturated carbocycles. The van der Waals surface area contributed by atoms with Gasteiger partial charge in [0.2, 0.25) is 0 Å². The second kappa shape index (κ2) is 12.8. The van der Waals surface area contributed by atoms with Crippen LogP contribution in [-0.4, -0.2) is 71.0 Å². The van der Waals surface area contributed by atoms with Gasteiger partial charge in [-0.15, -0.1) is 0 Å². The van der Waals surface area contributed by atoms with Gasteiger partial charge < -0.3 is 24.6 Å². The molecule has 1 N–H and O–H groups in total. The first kappa shape index (κ1) is 22.9. The molecule has 0 radical (unpaired) electrons. The maximum absolute atomic E-state index is 5.77. The average Bonchev–Trinajstić information content (AvgIpc) is 2.84. The molecule has 2 aromatic rings. The fraction of sp³-hybridized carbons (Fsp3) is 0.480. The SMILES string of the molecule is CN=C(NCCCCOCCc1ccccc1)N1CCN(c2ccc(OC)cc2)CC1. The first-order valence-electron chi connectivity index (χ1n) is 11.3. The fourth-order valence-corrected chi connectivity index (χ4v) is 3.77. The first-order valence-corrected chi connectivity index (χ1v) is 11.3. The molecular formula is C25H36N4O2. The summed E-state index contributed by atoms with van der Waals surface area (Å²) >= 11 is 0. The second-order valence-electron chi connectivity index (χ2n) is 7.70. The van der Waals surface area contributed by atoms with Gasteiger partial charge in [0.15, 0.2) is 5.96 Å². The largest absolute Gasteiger partial charge is 0.497 e. The van der Waals surface area contributed by atoms with Crippen molar-refractivity contribution < 1.29 is 9.47 Å². The van der Waals surface area contributed by atoms with E-state index in [2.05, 4.69) is 56.5 Å². The third-order valence-electron chi connectivity index (χ3n) is 5.61. The summed E-state index contributed by atoms with van der Waals surface area (Å²) in [4.78, 5) is 9.23. The molecule has 0 aliphatic carbocycles. The molecule has 168 valence electrons. The van der Waals surface area contributed by atoms with Crippen molar-refractivity contribution in [3.63, 3.8) is 0 Å². The zero-order chi connectivity index (χ0) is 21.7. The Labute approximate surface area is 186 Å². The van der Waals surface area contributed by atoms with Crippen LogP contribution in [0.4, 0.5) is 5.69 Å². The van der Waals surface area contributed by atoms with E-state index < -0.39 is 0 Å². The molecule has 0 bridgehead atoms. The van der Waals surface area contributed by atoms with Crippen LogP contribution < -0.4 is 15.0 Å². The number of benzene rings is 2. The normalized spacial score (nSPS) is 14.6. The van der Waals surface area contributed by atoms with Crippen molar-refractivity contribution in [3.05, 3.63) is 60.2 Å². The van der Waals surface area contributed by atoms with Crippen molar-refractivity contribution in [1.82, 2.24) is 10.2 Å². The van der Waals surface area contributed by atoms with E-state index in [1.165, 1.54) is 11.3 Å². The van der Waals surface area contributed by atoms with E-state index >= 15 is 0 Å². The Morgan fingerprint density at radius 3 is 2.35 bits per heavy atom. The predicted octanol–water partition coefficient (Wildman–Crippen LogP) is 3.43. The van der Waals surface area contributed by atoms with Gasteiger partial charge in [0.25, 0.3) is 0 Å². The molecule has 0 atom stereocenters. The Balaban J connectivity index is 1.27. The number of rotatable bonds is 10. The molecule has 3 rings (SSSR count). The monoisotopic (exact) mass is 424 g/mol. The number of methoxy groups -OCH3 is 1. The third kappa shape index (κ3) is 7.47. The molecule has 0 aromatic heterocycles. The zero-order valence-corrected chi connectivity index (χ0v) is 18.9. The summed E-state index contributed by atoms with van der Waals surface area (Å²) in [7, 11) is 3.57. The van der Waals surface area contributed by atoms with Crippen LogP contribution in [0, 0.1) is 0 Å². The smallest absolute Gasteiger partial charge is 0.193 e. The van der Waals surface area contributed by atoms with Crippen molar-refractivity contribution in [3.8, 4) is 5.75 Å². The van der Waals surface area contributed by atoms with Gasteiger partial charge in [-0.3, -0.25) is 4.99 Å². The lowest BCUT2D eigenvalue weighted by Gasteiger charge is -2.37. The molecule has 1 heterocycles. The quantitative estimate of drug-likeness (QED) is 0.360. The lowest BCUT2D eigenvalue weighted by molar-refractivity contribution is 0.133. The number of guanidine groups is 1. The Kier molecular flexibility index (Phi) is 9.51. The molecule has 1 aliphatic heterocycles. The molecule has 1 aliphatic rings. The van der Waals surface area contributed by atoms with E-state index in [1.54, 1.807) is 7.11 Å². The summed E-state index contributed by atoms with van der Waals surface area (Å²) in [5, 5.41) is 3.51. The summed E-state index contributed by atoms with van der Waals surface area (Å²) in [6.45, 7) is 6.44. The zero-order valence-electron chi connectivity index (χ0n) is 18.9. The van der Waals surface area contributed by atoms with Crippen molar-refractivity contribution in [2.45, 2.75) is 19.3 Å². The summed E-state index contributed by atoms with van der Waals surface area (Å²) in [5.41, 5.74) is 2.58. The van der Waals surface area contributed by atoms with E-state index in [0.717, 1.165) is 76.9 Å². The van der Waals surface area contributed by atoms with Crippen molar-refractivity contribution in [1.29, 1.82) is 0 Å². The summed E-state index contributed by atoms with van der Waals surface area (Å²) < 4.78 is 11.0. The second-order valence-corrected chi connectivity index (χ2v) is 7.70. The van der Waals surface area contributed by atoms with E-state index in [0.29, 0.717) is 0 Å². The van der Waals surface area contributed by atoms with Crippen LogP contribution in [0.2, 0.25) is 0 Å². The van der Waals surface area contributed by atoms with Gasteiger partial charge in [0, 0.05) is 52.1 Å². The highest BCUT2D eigenvalue weighted by molar-refractivity contribution is 5.80. The van der Waals surface area contributed by atoms with Crippen LogP contribution in [0.3, 0.4) is 0 Å². The minimum atomic E-state index is 0.789. The number of nitrogens with zero attached hydrogens (tertiary/aromatic N) is 3. The highest BCUT2D eigenvalue weighted by Crippen LogP contribution is 2.20. The molecule has 0 amide bonds. The Morgan fingerprint density at radius 1 is 0.935 bits per heavy atom. The first-order chi connectivity index (χ1) is 15.3. The minimum Gasteiger partial charge on any atom is -0.497 e. The third-order valence-corrected chi connectivity index (χ3v) is 5.61. The van der Waals surface area contributed by atoms with Crippen LogP contribution in [0.15, 0.2) is 59.6 Å². The van der Waals surface area contributed by atoms with Crippen LogP contribution >= 0.6 is 0 Å². The van der Waals surface area contributed by atoms with Crippen molar-refractivity contribution in [2.75, 3.05) is 65.0 Å². The lowest BCUT2D eigenvalue weighted by Crippen LogP contribution is -2.52. The molecule has 6 heteroatoms. The highest BCUT2D eigenvalue weighted by atomic mass is 16.5. The Hall–Kier alpha value is -2.73. The fourth-order valence-electron chi connectivity index (χ4n) is 3.77. The molecule has 0 unspecified atom stereocenters. The van der Waals surface area contributed by atoms with Crippen LogP contribution in [-0.2, 0) is 11.2 Å². The number of aliphatic imine (C=N–C) groups is 1.